The van der Waals surface area contributed by atoms with Gasteiger partial charge in [-0.25, -0.2) is 0 Å². The van der Waals surface area contributed by atoms with Crippen LogP contribution in [0.15, 0.2) is 0 Å². The maximum absolute atomic E-state index is 5.29. The lowest BCUT2D eigenvalue weighted by atomic mass is 10.0. The van der Waals surface area contributed by atoms with E-state index in [4.69, 9.17) is 5.73 Å². The van der Waals surface area contributed by atoms with Gasteiger partial charge in [0.1, 0.15) is 7.28 Å². The number of hydrogen-bond acceptors (Lipinski definition) is 1. The summed E-state index contributed by atoms with van der Waals surface area (Å²) in [5.74, 6) is 1.57. The molecule has 0 aromatic rings. The third-order valence-corrected chi connectivity index (χ3v) is 1.36. The van der Waals surface area contributed by atoms with E-state index in [2.05, 4.69) is 14.2 Å². The van der Waals surface area contributed by atoms with Crippen LogP contribution in [0.3, 0.4) is 0 Å². The quantitative estimate of drug-likeness (QED) is 0.451. The van der Waals surface area contributed by atoms with Crippen molar-refractivity contribution in [3.05, 3.63) is 0 Å². The Morgan fingerprint density at radius 3 is 2.33 bits per heavy atom. The van der Waals surface area contributed by atoms with Crippen molar-refractivity contribution < 1.29 is 0 Å². The van der Waals surface area contributed by atoms with Crippen molar-refractivity contribution >= 4 is 7.28 Å². The maximum Gasteiger partial charge on any atom is 0.117 e. The highest BCUT2D eigenvalue weighted by molar-refractivity contribution is 6.53. The Morgan fingerprint density at radius 2 is 2.33 bits per heavy atom. The van der Waals surface area contributed by atoms with Crippen molar-refractivity contribution in [2.45, 2.75) is 18.6 Å². The fourth-order valence-corrected chi connectivity index (χ4v) is 0.619. The first-order chi connectivity index (χ1) is 2.84. The maximum atomic E-state index is 5.29. The lowest BCUT2D eigenvalue weighted by molar-refractivity contribution is 0.913. The van der Waals surface area contributed by atoms with Crippen LogP contribution in [0.25, 0.3) is 0 Å². The number of rotatable bonds is 1. The predicted molar refractivity (Wildman–Crippen MR) is 28.0 cm³/mol. The molecular formula is C4H9BN. The molecule has 1 saturated heterocycles. The van der Waals surface area contributed by atoms with E-state index in [-0.39, 0.29) is 0 Å². The molecule has 1 radical (unpaired) electrons. The Balaban J connectivity index is 2.09. The van der Waals surface area contributed by atoms with E-state index in [1.54, 1.807) is 0 Å². The van der Waals surface area contributed by atoms with Gasteiger partial charge in [0.15, 0.2) is 0 Å². The van der Waals surface area contributed by atoms with Crippen LogP contribution >= 0.6 is 0 Å². The normalized spacial score (nSPS) is 41.7. The summed E-state index contributed by atoms with van der Waals surface area (Å²) < 4.78 is 0. The molecule has 1 heterocycles. The van der Waals surface area contributed by atoms with E-state index in [1.807, 2.05) is 0 Å². The van der Waals surface area contributed by atoms with Gasteiger partial charge in [0.2, 0.25) is 0 Å². The van der Waals surface area contributed by atoms with Crippen molar-refractivity contribution in [1.82, 2.24) is 0 Å². The molecule has 0 aliphatic carbocycles. The molecule has 33 valence electrons. The van der Waals surface area contributed by atoms with Crippen molar-refractivity contribution in [3.8, 4) is 0 Å². The molecule has 0 amide bonds. The molecule has 0 saturated carbocycles. The van der Waals surface area contributed by atoms with Gasteiger partial charge in [-0.15, -0.1) is 0 Å². The standard InChI is InChI=1S/C4H9BN/c1-3-4(2-6)5-3/h3-4H,2,6H2,1H3/t3-,4?/m0/s1. The first-order valence-corrected chi connectivity index (χ1v) is 2.39. The molecule has 0 spiro atoms. The van der Waals surface area contributed by atoms with E-state index < -0.39 is 0 Å². The van der Waals surface area contributed by atoms with Crippen LogP contribution in [0.4, 0.5) is 0 Å². The van der Waals surface area contributed by atoms with Crippen LogP contribution in [-0.4, -0.2) is 13.8 Å². The monoisotopic (exact) mass is 82.1 g/mol. The zero-order valence-electron chi connectivity index (χ0n) is 4.02. The van der Waals surface area contributed by atoms with E-state index >= 15 is 0 Å². The summed E-state index contributed by atoms with van der Waals surface area (Å²) in [5, 5.41) is 0. The summed E-state index contributed by atoms with van der Waals surface area (Å²) in [6.07, 6.45) is 0. The molecule has 0 bridgehead atoms. The minimum absolute atomic E-state index is 0.755. The molecule has 1 aliphatic rings. The third-order valence-electron chi connectivity index (χ3n) is 1.36. The van der Waals surface area contributed by atoms with E-state index in [0.29, 0.717) is 0 Å². The molecule has 0 aromatic carbocycles. The number of nitrogens with two attached hydrogens (primary N) is 1. The summed E-state index contributed by atoms with van der Waals surface area (Å²) in [6.45, 7) is 3.04. The molecule has 1 fully saturated rings. The number of hydrogen-bond donors (Lipinski definition) is 1. The van der Waals surface area contributed by atoms with Crippen LogP contribution in [0.5, 0.6) is 0 Å². The van der Waals surface area contributed by atoms with Crippen molar-refractivity contribution in [1.29, 1.82) is 0 Å². The van der Waals surface area contributed by atoms with Crippen molar-refractivity contribution in [2.75, 3.05) is 6.54 Å². The largest absolute Gasteiger partial charge is 0.331 e. The van der Waals surface area contributed by atoms with Gasteiger partial charge in [0, 0.05) is 0 Å². The molecule has 2 N–H and O–H groups in total. The molecular weight excluding hydrogens is 72.9 g/mol. The first-order valence-electron chi connectivity index (χ1n) is 2.39. The minimum Gasteiger partial charge on any atom is -0.331 e. The Bertz CT molecular complexity index is 53.5. The lowest BCUT2D eigenvalue weighted by Gasteiger charge is -1.82. The second-order valence-corrected chi connectivity index (χ2v) is 1.95. The van der Waals surface area contributed by atoms with Gasteiger partial charge in [-0.3, -0.25) is 0 Å². The van der Waals surface area contributed by atoms with Gasteiger partial charge in [-0.1, -0.05) is 18.6 Å². The molecule has 1 aliphatic heterocycles. The van der Waals surface area contributed by atoms with E-state index in [9.17, 15) is 0 Å². The Labute approximate surface area is 39.2 Å². The predicted octanol–water partition coefficient (Wildman–Crippen LogP) is 0.260. The van der Waals surface area contributed by atoms with Crippen molar-refractivity contribution in [3.63, 3.8) is 0 Å². The molecule has 1 rings (SSSR count). The summed E-state index contributed by atoms with van der Waals surface area (Å²) in [7, 11) is 2.26. The van der Waals surface area contributed by atoms with Gasteiger partial charge >= 0.3 is 0 Å². The highest BCUT2D eigenvalue weighted by Crippen LogP contribution is 2.38. The van der Waals surface area contributed by atoms with Gasteiger partial charge in [-0.2, -0.15) is 0 Å². The molecule has 1 unspecified atom stereocenters. The van der Waals surface area contributed by atoms with E-state index in [1.165, 1.54) is 0 Å². The fourth-order valence-electron chi connectivity index (χ4n) is 0.619. The van der Waals surface area contributed by atoms with Crippen LogP contribution in [0, 0.1) is 0 Å². The second-order valence-electron chi connectivity index (χ2n) is 1.95. The molecule has 6 heavy (non-hydrogen) atoms. The average Bonchev–Trinajstić information content (AvgIpc) is 2.19. The van der Waals surface area contributed by atoms with Crippen LogP contribution in [0.2, 0.25) is 11.6 Å². The highest BCUT2D eigenvalue weighted by atomic mass is 14.6. The van der Waals surface area contributed by atoms with Crippen LogP contribution < -0.4 is 5.73 Å². The van der Waals surface area contributed by atoms with E-state index in [0.717, 1.165) is 18.2 Å². The summed E-state index contributed by atoms with van der Waals surface area (Å²) in [4.78, 5) is 0. The summed E-state index contributed by atoms with van der Waals surface area (Å²) >= 11 is 0. The third kappa shape index (κ3) is 0.572. The van der Waals surface area contributed by atoms with Gasteiger partial charge < -0.3 is 5.73 Å². The Hall–Kier alpha value is 0.0249. The highest BCUT2D eigenvalue weighted by Gasteiger charge is 2.31. The fraction of sp³-hybridized carbons (Fsp3) is 1.00. The molecule has 0 aromatic heterocycles. The zero-order valence-corrected chi connectivity index (χ0v) is 4.02. The smallest absolute Gasteiger partial charge is 0.117 e. The topological polar surface area (TPSA) is 26.0 Å². The average molecular weight is 81.9 g/mol. The minimum atomic E-state index is 0.755. The van der Waals surface area contributed by atoms with Gasteiger partial charge in [0.25, 0.3) is 0 Å². The summed E-state index contributed by atoms with van der Waals surface area (Å²) in [5.41, 5.74) is 5.29. The van der Waals surface area contributed by atoms with Crippen LogP contribution in [0.1, 0.15) is 6.92 Å². The van der Waals surface area contributed by atoms with Gasteiger partial charge in [0.05, 0.1) is 0 Å². The Morgan fingerprint density at radius 1 is 1.83 bits per heavy atom. The summed E-state index contributed by atoms with van der Waals surface area (Å²) in [6, 6.07) is 0. The SMILES string of the molecule is C[C@@H]1[B]C1CN. The van der Waals surface area contributed by atoms with Gasteiger partial charge in [-0.05, 0) is 6.54 Å². The first kappa shape index (κ1) is 4.19. The molecule has 1 nitrogen and oxygen atoms in total. The second kappa shape index (κ2) is 1.26. The van der Waals surface area contributed by atoms with Crippen LogP contribution in [-0.2, 0) is 0 Å². The lowest BCUT2D eigenvalue weighted by Crippen LogP contribution is -1.96. The van der Waals surface area contributed by atoms with Crippen molar-refractivity contribution in [2.24, 2.45) is 5.73 Å². The zero-order chi connectivity index (χ0) is 4.57. The molecule has 2 heteroatoms. The Kier molecular flexibility index (Phi) is 0.883. The molecule has 2 atom stereocenters.